The number of carbonyl (C=O) groups is 2. The Morgan fingerprint density at radius 1 is 1.09 bits per heavy atom. The average Bonchev–Trinajstić information content (AvgIpc) is 3.51. The van der Waals surface area contributed by atoms with Crippen LogP contribution in [0.4, 0.5) is 0 Å². The number of oxazole rings is 1. The highest BCUT2D eigenvalue weighted by atomic mass is 32.2. The minimum atomic E-state index is -3.39. The summed E-state index contributed by atoms with van der Waals surface area (Å²) in [5, 5.41) is 6.14. The molecule has 1 heterocycles. The molecule has 1 amide bonds. The maximum atomic E-state index is 13.3. The average molecular weight is 490 g/mol. The quantitative estimate of drug-likeness (QED) is 0.439. The highest BCUT2D eigenvalue weighted by Gasteiger charge is 2.35. The van der Waals surface area contributed by atoms with Crippen LogP contribution < -0.4 is 10.6 Å². The molecule has 0 bridgehead atoms. The van der Waals surface area contributed by atoms with Crippen LogP contribution in [-0.4, -0.2) is 54.7 Å². The molecular formula is C25H35N3O5S. The fraction of sp³-hybridized carbons (Fsp3) is 0.640. The number of benzene rings is 1. The number of carbonyl (C=O) groups excluding carboxylic acids is 2. The summed E-state index contributed by atoms with van der Waals surface area (Å²) in [7, 11) is -3.39. The molecule has 1 aromatic carbocycles. The molecule has 9 heteroatoms. The summed E-state index contributed by atoms with van der Waals surface area (Å²) in [6, 6.07) is 5.51. The summed E-state index contributed by atoms with van der Waals surface area (Å²) in [5.74, 6) is -0.794. The molecule has 186 valence electrons. The third-order valence-electron chi connectivity index (χ3n) is 6.68. The Hall–Kier alpha value is -2.26. The van der Waals surface area contributed by atoms with Gasteiger partial charge in [-0.2, -0.15) is 0 Å². The fourth-order valence-electron chi connectivity index (χ4n) is 4.68. The van der Waals surface area contributed by atoms with Gasteiger partial charge in [0.15, 0.2) is 15.4 Å². The van der Waals surface area contributed by atoms with Gasteiger partial charge in [0.25, 0.3) is 5.89 Å². The zero-order valence-electron chi connectivity index (χ0n) is 19.8. The van der Waals surface area contributed by atoms with Gasteiger partial charge in [-0.1, -0.05) is 44.7 Å². The molecule has 2 aliphatic carbocycles. The van der Waals surface area contributed by atoms with Crippen molar-refractivity contribution in [3.8, 4) is 0 Å². The monoisotopic (exact) mass is 489 g/mol. The third kappa shape index (κ3) is 6.66. The first kappa shape index (κ1) is 24.9. The van der Waals surface area contributed by atoms with Gasteiger partial charge < -0.3 is 15.1 Å². The van der Waals surface area contributed by atoms with E-state index in [9.17, 15) is 18.0 Å². The van der Waals surface area contributed by atoms with Crippen LogP contribution in [0.5, 0.6) is 0 Å². The first-order chi connectivity index (χ1) is 16.3. The molecule has 2 saturated carbocycles. The second-order valence-corrected chi connectivity index (χ2v) is 11.9. The first-order valence-corrected chi connectivity index (χ1v) is 14.3. The van der Waals surface area contributed by atoms with E-state index in [1.165, 1.54) is 0 Å². The van der Waals surface area contributed by atoms with Crippen molar-refractivity contribution in [2.24, 2.45) is 5.92 Å². The molecule has 4 rings (SSSR count). The van der Waals surface area contributed by atoms with Gasteiger partial charge in [-0.05, 0) is 50.2 Å². The molecule has 34 heavy (non-hydrogen) atoms. The SMILES string of the molecule is CCCC(NC(=O)[C@H](CS(=O)(=O)CC1CC1)NC1CCCCC1)C(=O)c1nc2ccccc2o1. The number of hydrogen-bond acceptors (Lipinski definition) is 7. The molecule has 0 spiro atoms. The predicted octanol–water partition coefficient (Wildman–Crippen LogP) is 3.41. The molecule has 0 aliphatic heterocycles. The van der Waals surface area contributed by atoms with E-state index in [2.05, 4.69) is 15.6 Å². The number of fused-ring (bicyclic) bond motifs is 1. The Morgan fingerprint density at radius 2 is 1.82 bits per heavy atom. The van der Waals surface area contributed by atoms with Crippen molar-refractivity contribution in [1.29, 1.82) is 0 Å². The predicted molar refractivity (Wildman–Crippen MR) is 130 cm³/mol. The van der Waals surface area contributed by atoms with Gasteiger partial charge in [-0.15, -0.1) is 0 Å². The lowest BCUT2D eigenvalue weighted by Crippen LogP contribution is -2.55. The van der Waals surface area contributed by atoms with Crippen molar-refractivity contribution >= 4 is 32.6 Å². The van der Waals surface area contributed by atoms with E-state index in [-0.39, 0.29) is 29.4 Å². The van der Waals surface area contributed by atoms with Gasteiger partial charge in [0.1, 0.15) is 11.6 Å². The van der Waals surface area contributed by atoms with E-state index in [4.69, 9.17) is 4.42 Å². The molecule has 0 radical (unpaired) electrons. The van der Waals surface area contributed by atoms with Gasteiger partial charge in [0.05, 0.1) is 17.5 Å². The number of nitrogens with zero attached hydrogens (tertiary/aromatic N) is 1. The van der Waals surface area contributed by atoms with Crippen LogP contribution >= 0.6 is 0 Å². The van der Waals surface area contributed by atoms with Crippen LogP contribution in [-0.2, 0) is 14.6 Å². The molecule has 1 aromatic heterocycles. The minimum Gasteiger partial charge on any atom is -0.434 e. The number of ketones is 1. The minimum absolute atomic E-state index is 0.0434. The number of amides is 1. The highest BCUT2D eigenvalue weighted by Crippen LogP contribution is 2.30. The van der Waals surface area contributed by atoms with Crippen molar-refractivity contribution in [3.63, 3.8) is 0 Å². The van der Waals surface area contributed by atoms with Crippen molar-refractivity contribution in [2.75, 3.05) is 11.5 Å². The number of aromatic nitrogens is 1. The molecule has 2 aromatic rings. The molecule has 2 aliphatic rings. The van der Waals surface area contributed by atoms with Crippen LogP contribution in [0, 0.1) is 5.92 Å². The lowest BCUT2D eigenvalue weighted by Gasteiger charge is -2.29. The fourth-order valence-corrected chi connectivity index (χ4v) is 6.62. The Balaban J connectivity index is 1.49. The lowest BCUT2D eigenvalue weighted by molar-refractivity contribution is -0.123. The maximum Gasteiger partial charge on any atom is 0.266 e. The van der Waals surface area contributed by atoms with E-state index in [0.29, 0.717) is 23.9 Å². The van der Waals surface area contributed by atoms with E-state index in [1.807, 2.05) is 13.0 Å². The highest BCUT2D eigenvalue weighted by molar-refractivity contribution is 7.91. The van der Waals surface area contributed by atoms with Crippen molar-refractivity contribution < 1.29 is 22.4 Å². The largest absolute Gasteiger partial charge is 0.434 e. The number of sulfone groups is 1. The summed E-state index contributed by atoms with van der Waals surface area (Å²) in [5.41, 5.74) is 1.09. The maximum absolute atomic E-state index is 13.3. The number of Topliss-reactive ketones (excluding diaryl/α,β-unsaturated/α-hetero) is 1. The van der Waals surface area contributed by atoms with Crippen LogP contribution in [0.1, 0.15) is 75.4 Å². The Kier molecular flexibility index (Phi) is 8.03. The third-order valence-corrected chi connectivity index (χ3v) is 8.50. The summed E-state index contributed by atoms with van der Waals surface area (Å²) in [6.07, 6.45) is 8.08. The summed E-state index contributed by atoms with van der Waals surface area (Å²) in [6.45, 7) is 1.93. The molecule has 2 fully saturated rings. The van der Waals surface area contributed by atoms with E-state index >= 15 is 0 Å². The normalized spacial score (nSPS) is 19.1. The Labute approximate surface area is 201 Å². The van der Waals surface area contributed by atoms with Crippen molar-refractivity contribution in [1.82, 2.24) is 15.6 Å². The van der Waals surface area contributed by atoms with Gasteiger partial charge in [-0.25, -0.2) is 13.4 Å². The standard InChI is InChI=1S/C25H35N3O5S/c1-2-8-20(23(29)25-28-19-11-6-7-12-22(19)33-25)27-24(30)21(26-18-9-4-3-5-10-18)16-34(31,32)15-17-13-14-17/h6-7,11-12,17-18,20-21,26H,2-5,8-10,13-16H2,1H3,(H,27,30)/t20?,21-/m0/s1. The number of hydrogen-bond donors (Lipinski definition) is 2. The van der Waals surface area contributed by atoms with Crippen molar-refractivity contribution in [3.05, 3.63) is 30.2 Å². The zero-order valence-corrected chi connectivity index (χ0v) is 20.6. The molecule has 2 atom stereocenters. The van der Waals surface area contributed by atoms with E-state index in [1.54, 1.807) is 18.2 Å². The summed E-state index contributed by atoms with van der Waals surface area (Å²) in [4.78, 5) is 30.8. The summed E-state index contributed by atoms with van der Waals surface area (Å²) < 4.78 is 31.2. The Bertz CT molecular complexity index is 1070. The van der Waals surface area contributed by atoms with Gasteiger partial charge in [0.2, 0.25) is 11.7 Å². The van der Waals surface area contributed by atoms with Crippen LogP contribution in [0.3, 0.4) is 0 Å². The van der Waals surface area contributed by atoms with Gasteiger partial charge >= 0.3 is 0 Å². The van der Waals surface area contributed by atoms with Crippen LogP contribution in [0.15, 0.2) is 28.7 Å². The topological polar surface area (TPSA) is 118 Å². The van der Waals surface area contributed by atoms with Crippen LogP contribution in [0.2, 0.25) is 0 Å². The lowest BCUT2D eigenvalue weighted by atomic mass is 9.95. The first-order valence-electron chi connectivity index (χ1n) is 12.5. The molecule has 0 saturated heterocycles. The van der Waals surface area contributed by atoms with Gasteiger partial charge in [-0.3, -0.25) is 9.59 Å². The number of nitrogens with one attached hydrogen (secondary N) is 2. The summed E-state index contributed by atoms with van der Waals surface area (Å²) >= 11 is 0. The second-order valence-electron chi connectivity index (χ2n) is 9.78. The Morgan fingerprint density at radius 3 is 2.50 bits per heavy atom. The molecule has 2 N–H and O–H groups in total. The van der Waals surface area contributed by atoms with E-state index < -0.39 is 33.6 Å². The molecule has 1 unspecified atom stereocenters. The van der Waals surface area contributed by atoms with Crippen LogP contribution in [0.25, 0.3) is 11.1 Å². The molecule has 8 nitrogen and oxygen atoms in total. The second kappa shape index (κ2) is 11.0. The smallest absolute Gasteiger partial charge is 0.266 e. The zero-order chi connectivity index (χ0) is 24.1. The molecular weight excluding hydrogens is 454 g/mol. The number of para-hydroxylation sites is 2. The number of rotatable bonds is 12. The van der Waals surface area contributed by atoms with E-state index in [0.717, 1.165) is 44.9 Å². The van der Waals surface area contributed by atoms with Gasteiger partial charge in [0, 0.05) is 6.04 Å². The van der Waals surface area contributed by atoms with Crippen molar-refractivity contribution in [2.45, 2.75) is 82.8 Å².